The highest BCUT2D eigenvalue weighted by Gasteiger charge is 2.29. The molecule has 4 heterocycles. The highest BCUT2D eigenvalue weighted by molar-refractivity contribution is 5.79. The SMILES string of the molecule is O=C(NCCN1CCCCC1)[C@H]1CCCN(c2nc3cccnc3n(Cc3ccccc3)c2=O)C1. The molecule has 35 heavy (non-hydrogen) atoms. The van der Waals surface area contributed by atoms with Crippen molar-refractivity contribution in [2.45, 2.75) is 38.6 Å². The van der Waals surface area contributed by atoms with Crippen molar-refractivity contribution in [3.05, 3.63) is 64.6 Å². The number of fused-ring (bicyclic) bond motifs is 1. The Balaban J connectivity index is 1.32. The van der Waals surface area contributed by atoms with Gasteiger partial charge in [-0.15, -0.1) is 0 Å². The molecule has 0 saturated carbocycles. The lowest BCUT2D eigenvalue weighted by Gasteiger charge is -2.33. The molecule has 1 amide bonds. The summed E-state index contributed by atoms with van der Waals surface area (Å²) in [6.45, 7) is 5.50. The average molecular weight is 475 g/mol. The fourth-order valence-corrected chi connectivity index (χ4v) is 5.23. The van der Waals surface area contributed by atoms with Crippen molar-refractivity contribution < 1.29 is 4.79 Å². The van der Waals surface area contributed by atoms with Crippen LogP contribution in [0.5, 0.6) is 0 Å². The van der Waals surface area contributed by atoms with Gasteiger partial charge in [0.15, 0.2) is 11.5 Å². The van der Waals surface area contributed by atoms with Crippen molar-refractivity contribution in [2.75, 3.05) is 44.2 Å². The van der Waals surface area contributed by atoms with Gasteiger partial charge in [0.05, 0.1) is 12.5 Å². The van der Waals surface area contributed by atoms with E-state index in [0.717, 1.165) is 44.6 Å². The van der Waals surface area contributed by atoms with Crippen LogP contribution in [0.25, 0.3) is 11.2 Å². The molecule has 0 unspecified atom stereocenters. The first-order valence-electron chi connectivity index (χ1n) is 12.8. The van der Waals surface area contributed by atoms with Gasteiger partial charge in [0, 0.05) is 32.4 Å². The molecule has 2 aliphatic rings. The van der Waals surface area contributed by atoms with Crippen LogP contribution in [0, 0.1) is 5.92 Å². The second-order valence-corrected chi connectivity index (χ2v) is 9.64. The Morgan fingerprint density at radius 2 is 1.83 bits per heavy atom. The zero-order valence-corrected chi connectivity index (χ0v) is 20.2. The number of likely N-dealkylation sites (tertiary alicyclic amines) is 1. The number of carbonyl (C=O) groups excluding carboxylic acids is 1. The van der Waals surface area contributed by atoms with Gasteiger partial charge in [-0.25, -0.2) is 9.97 Å². The number of anilines is 1. The Morgan fingerprint density at radius 1 is 1.00 bits per heavy atom. The number of amides is 1. The number of piperidine rings is 2. The van der Waals surface area contributed by atoms with E-state index in [1.807, 2.05) is 47.4 Å². The summed E-state index contributed by atoms with van der Waals surface area (Å²) in [5, 5.41) is 3.14. The molecule has 1 atom stereocenters. The zero-order valence-electron chi connectivity index (χ0n) is 20.2. The maximum Gasteiger partial charge on any atom is 0.295 e. The van der Waals surface area contributed by atoms with Crippen LogP contribution in [0.4, 0.5) is 5.82 Å². The number of nitrogens with zero attached hydrogens (tertiary/aromatic N) is 5. The average Bonchev–Trinajstić information content (AvgIpc) is 2.91. The van der Waals surface area contributed by atoms with Crippen LogP contribution in [0.2, 0.25) is 0 Å². The molecule has 0 radical (unpaired) electrons. The lowest BCUT2D eigenvalue weighted by molar-refractivity contribution is -0.125. The molecule has 8 nitrogen and oxygen atoms in total. The molecule has 184 valence electrons. The van der Waals surface area contributed by atoms with Gasteiger partial charge < -0.3 is 15.1 Å². The van der Waals surface area contributed by atoms with Crippen molar-refractivity contribution in [3.8, 4) is 0 Å². The van der Waals surface area contributed by atoms with E-state index < -0.39 is 0 Å². The number of benzene rings is 1. The molecular formula is C27H34N6O2. The van der Waals surface area contributed by atoms with Crippen molar-refractivity contribution >= 4 is 22.9 Å². The van der Waals surface area contributed by atoms with E-state index in [9.17, 15) is 9.59 Å². The zero-order chi connectivity index (χ0) is 24.0. The number of pyridine rings is 1. The fourth-order valence-electron chi connectivity index (χ4n) is 5.23. The predicted octanol–water partition coefficient (Wildman–Crippen LogP) is 2.66. The lowest BCUT2D eigenvalue weighted by atomic mass is 9.97. The molecule has 0 spiro atoms. The van der Waals surface area contributed by atoms with Gasteiger partial charge >= 0.3 is 0 Å². The van der Waals surface area contributed by atoms with Gasteiger partial charge in [0.1, 0.15) is 5.52 Å². The molecule has 0 bridgehead atoms. The first-order chi connectivity index (χ1) is 17.2. The summed E-state index contributed by atoms with van der Waals surface area (Å²) < 4.78 is 1.70. The second kappa shape index (κ2) is 11.0. The number of hydrogen-bond donors (Lipinski definition) is 1. The molecule has 1 aromatic carbocycles. The summed E-state index contributed by atoms with van der Waals surface area (Å²) in [5.41, 5.74) is 2.13. The normalized spacial score (nSPS) is 19.1. The van der Waals surface area contributed by atoms with E-state index in [-0.39, 0.29) is 17.4 Å². The van der Waals surface area contributed by atoms with E-state index in [4.69, 9.17) is 4.98 Å². The third kappa shape index (κ3) is 5.53. The highest BCUT2D eigenvalue weighted by Crippen LogP contribution is 2.22. The van der Waals surface area contributed by atoms with Crippen LogP contribution in [-0.4, -0.2) is 64.6 Å². The number of rotatable bonds is 7. The fraction of sp³-hybridized carbons (Fsp3) is 0.481. The number of carbonyl (C=O) groups is 1. The molecule has 3 aromatic rings. The molecule has 2 fully saturated rings. The minimum Gasteiger partial charge on any atom is -0.355 e. The van der Waals surface area contributed by atoms with Gasteiger partial charge in [0.25, 0.3) is 5.56 Å². The maximum absolute atomic E-state index is 13.6. The number of nitrogens with one attached hydrogen (secondary N) is 1. The quantitative estimate of drug-likeness (QED) is 0.567. The van der Waals surface area contributed by atoms with Crippen molar-refractivity contribution in [1.82, 2.24) is 24.8 Å². The third-order valence-corrected chi connectivity index (χ3v) is 7.14. The second-order valence-electron chi connectivity index (χ2n) is 9.64. The molecule has 2 aliphatic heterocycles. The number of aromatic nitrogens is 3. The summed E-state index contributed by atoms with van der Waals surface area (Å²) in [7, 11) is 0. The van der Waals surface area contributed by atoms with Gasteiger partial charge in [-0.3, -0.25) is 14.2 Å². The smallest absolute Gasteiger partial charge is 0.295 e. The molecule has 2 saturated heterocycles. The summed E-state index contributed by atoms with van der Waals surface area (Å²) in [6, 6.07) is 13.6. The molecular weight excluding hydrogens is 440 g/mol. The minimum atomic E-state index is -0.161. The van der Waals surface area contributed by atoms with Crippen molar-refractivity contribution in [2.24, 2.45) is 5.92 Å². The van der Waals surface area contributed by atoms with Crippen LogP contribution in [-0.2, 0) is 11.3 Å². The maximum atomic E-state index is 13.6. The highest BCUT2D eigenvalue weighted by atomic mass is 16.2. The molecule has 8 heteroatoms. The summed E-state index contributed by atoms with van der Waals surface area (Å²) in [4.78, 5) is 40.2. The van der Waals surface area contributed by atoms with E-state index in [0.29, 0.717) is 36.6 Å². The van der Waals surface area contributed by atoms with Gasteiger partial charge in [-0.2, -0.15) is 0 Å². The van der Waals surface area contributed by atoms with Crippen LogP contribution in [0.3, 0.4) is 0 Å². The summed E-state index contributed by atoms with van der Waals surface area (Å²) >= 11 is 0. The Morgan fingerprint density at radius 3 is 2.66 bits per heavy atom. The Kier molecular flexibility index (Phi) is 7.37. The van der Waals surface area contributed by atoms with Crippen LogP contribution >= 0.6 is 0 Å². The van der Waals surface area contributed by atoms with Crippen LogP contribution in [0.15, 0.2) is 53.5 Å². The Bertz CT molecular complexity index is 1210. The van der Waals surface area contributed by atoms with Crippen molar-refractivity contribution in [1.29, 1.82) is 0 Å². The van der Waals surface area contributed by atoms with Crippen molar-refractivity contribution in [3.63, 3.8) is 0 Å². The minimum absolute atomic E-state index is 0.0822. The number of hydrogen-bond acceptors (Lipinski definition) is 6. The standard InChI is InChI=1S/C27H34N6O2/c34-26(29-14-18-31-15-5-2-6-16-31)22-11-8-17-32(20-22)25-27(35)33(19-21-9-3-1-4-10-21)24-23(30-25)12-7-13-28-24/h1,3-4,7,9-10,12-13,22H,2,5-6,8,11,14-20H2,(H,29,34)/t22-/m0/s1. The van der Waals surface area contributed by atoms with E-state index >= 15 is 0 Å². The summed E-state index contributed by atoms with van der Waals surface area (Å²) in [5.74, 6) is 0.351. The Labute approximate surface area is 206 Å². The lowest BCUT2D eigenvalue weighted by Crippen LogP contribution is -2.47. The van der Waals surface area contributed by atoms with E-state index in [2.05, 4.69) is 15.2 Å². The molecule has 0 aliphatic carbocycles. The third-order valence-electron chi connectivity index (χ3n) is 7.14. The first kappa shape index (κ1) is 23.5. The summed E-state index contributed by atoms with van der Waals surface area (Å²) in [6.07, 6.45) is 7.19. The predicted molar refractivity (Wildman–Crippen MR) is 138 cm³/mol. The molecule has 2 aromatic heterocycles. The monoisotopic (exact) mass is 474 g/mol. The Hall–Kier alpha value is -3.26. The van der Waals surface area contributed by atoms with Gasteiger partial charge in [-0.1, -0.05) is 36.8 Å². The van der Waals surface area contributed by atoms with Gasteiger partial charge in [-0.05, 0) is 56.5 Å². The first-order valence-corrected chi connectivity index (χ1v) is 12.8. The van der Waals surface area contributed by atoms with Crippen LogP contribution < -0.4 is 15.8 Å². The topological polar surface area (TPSA) is 83.4 Å². The van der Waals surface area contributed by atoms with E-state index in [1.54, 1.807) is 10.8 Å². The van der Waals surface area contributed by atoms with E-state index in [1.165, 1.54) is 19.3 Å². The largest absolute Gasteiger partial charge is 0.355 e. The van der Waals surface area contributed by atoms with Crippen LogP contribution in [0.1, 0.15) is 37.7 Å². The van der Waals surface area contributed by atoms with Gasteiger partial charge in [0.2, 0.25) is 5.91 Å². The molecule has 5 rings (SSSR count). The molecule has 1 N–H and O–H groups in total.